The second-order valence-electron chi connectivity index (χ2n) is 7.01. The van der Waals surface area contributed by atoms with Crippen LogP contribution in [0, 0.1) is 17.3 Å². The quantitative estimate of drug-likeness (QED) is 0.801. The van der Waals surface area contributed by atoms with E-state index in [4.69, 9.17) is 5.73 Å². The predicted molar refractivity (Wildman–Crippen MR) is 73.9 cm³/mol. The molecule has 2 rings (SSSR count). The number of likely N-dealkylation sites (tertiary alicyclic amines) is 1. The van der Waals surface area contributed by atoms with Crippen LogP contribution in [0.2, 0.25) is 0 Å². The van der Waals surface area contributed by atoms with Gasteiger partial charge < -0.3 is 5.73 Å². The van der Waals surface area contributed by atoms with Gasteiger partial charge in [-0.1, -0.05) is 33.6 Å². The zero-order chi connectivity index (χ0) is 12.5. The average molecular weight is 238 g/mol. The normalized spacial score (nSPS) is 39.2. The summed E-state index contributed by atoms with van der Waals surface area (Å²) in [6.45, 7) is 10.7. The second-order valence-corrected chi connectivity index (χ2v) is 7.01. The fourth-order valence-corrected chi connectivity index (χ4v) is 3.92. The molecule has 0 bridgehead atoms. The molecule has 0 aromatic heterocycles. The van der Waals surface area contributed by atoms with Gasteiger partial charge in [0.1, 0.15) is 0 Å². The Morgan fingerprint density at radius 3 is 2.65 bits per heavy atom. The first-order valence-electron chi connectivity index (χ1n) is 7.48. The van der Waals surface area contributed by atoms with Crippen LogP contribution in [0.25, 0.3) is 0 Å². The fourth-order valence-electron chi connectivity index (χ4n) is 3.92. The van der Waals surface area contributed by atoms with E-state index in [0.717, 1.165) is 24.4 Å². The molecule has 0 amide bonds. The predicted octanol–water partition coefficient (Wildman–Crippen LogP) is 2.87. The van der Waals surface area contributed by atoms with Crippen molar-refractivity contribution in [2.45, 2.75) is 58.9 Å². The highest BCUT2D eigenvalue weighted by atomic mass is 15.2. The molecule has 0 spiro atoms. The number of rotatable bonds is 2. The second kappa shape index (κ2) is 5.27. The third kappa shape index (κ3) is 2.85. The van der Waals surface area contributed by atoms with Crippen LogP contribution in [0.3, 0.4) is 0 Å². The molecule has 1 heterocycles. The molecule has 3 atom stereocenters. The Balaban J connectivity index is 2.01. The van der Waals surface area contributed by atoms with Gasteiger partial charge in [-0.25, -0.2) is 0 Å². The van der Waals surface area contributed by atoms with Crippen molar-refractivity contribution >= 4 is 0 Å². The highest BCUT2D eigenvalue weighted by molar-refractivity contribution is 4.92. The van der Waals surface area contributed by atoms with Crippen molar-refractivity contribution in [3.8, 4) is 0 Å². The summed E-state index contributed by atoms with van der Waals surface area (Å²) >= 11 is 0. The maximum absolute atomic E-state index is 5.93. The molecule has 1 aliphatic heterocycles. The van der Waals surface area contributed by atoms with E-state index >= 15 is 0 Å². The molecule has 1 saturated heterocycles. The zero-order valence-electron chi connectivity index (χ0n) is 11.9. The van der Waals surface area contributed by atoms with Crippen LogP contribution < -0.4 is 5.73 Å². The first-order valence-corrected chi connectivity index (χ1v) is 7.48. The number of nitrogens with zero attached hydrogens (tertiary/aromatic N) is 1. The van der Waals surface area contributed by atoms with Crippen molar-refractivity contribution in [2.24, 2.45) is 23.0 Å². The van der Waals surface area contributed by atoms with E-state index in [1.165, 1.54) is 45.2 Å². The smallest absolute Gasteiger partial charge is 0.0146 e. The molecule has 3 unspecified atom stereocenters. The van der Waals surface area contributed by atoms with Crippen molar-refractivity contribution in [3.05, 3.63) is 0 Å². The summed E-state index contributed by atoms with van der Waals surface area (Å²) in [6, 6.07) is 0.804. The third-order valence-electron chi connectivity index (χ3n) is 5.34. The molecule has 2 heteroatoms. The summed E-state index contributed by atoms with van der Waals surface area (Å²) in [4.78, 5) is 2.76. The Morgan fingerprint density at radius 2 is 2.00 bits per heavy atom. The summed E-state index contributed by atoms with van der Waals surface area (Å²) in [7, 11) is 0. The van der Waals surface area contributed by atoms with Gasteiger partial charge in [0.2, 0.25) is 0 Å². The Bertz CT molecular complexity index is 249. The fraction of sp³-hybridized carbons (Fsp3) is 1.00. The van der Waals surface area contributed by atoms with Gasteiger partial charge in [0.05, 0.1) is 0 Å². The molecular formula is C15H30N2. The third-order valence-corrected chi connectivity index (χ3v) is 5.34. The van der Waals surface area contributed by atoms with Gasteiger partial charge in [-0.05, 0) is 49.6 Å². The van der Waals surface area contributed by atoms with Crippen molar-refractivity contribution in [3.63, 3.8) is 0 Å². The molecule has 1 aliphatic carbocycles. The van der Waals surface area contributed by atoms with Crippen LogP contribution in [0.4, 0.5) is 0 Å². The van der Waals surface area contributed by atoms with Crippen molar-refractivity contribution in [1.29, 1.82) is 0 Å². The van der Waals surface area contributed by atoms with E-state index in [1.807, 2.05) is 0 Å². The van der Waals surface area contributed by atoms with Crippen LogP contribution in [0.1, 0.15) is 52.9 Å². The van der Waals surface area contributed by atoms with E-state index in [0.29, 0.717) is 5.41 Å². The Hall–Kier alpha value is -0.0800. The van der Waals surface area contributed by atoms with Crippen molar-refractivity contribution in [2.75, 3.05) is 19.6 Å². The zero-order valence-corrected chi connectivity index (χ0v) is 11.9. The molecule has 17 heavy (non-hydrogen) atoms. The summed E-state index contributed by atoms with van der Waals surface area (Å²) < 4.78 is 0. The van der Waals surface area contributed by atoms with Crippen molar-refractivity contribution < 1.29 is 0 Å². The van der Waals surface area contributed by atoms with E-state index in [1.54, 1.807) is 0 Å². The highest BCUT2D eigenvalue weighted by Crippen LogP contribution is 2.40. The van der Waals surface area contributed by atoms with Crippen LogP contribution in [0.5, 0.6) is 0 Å². The Labute approximate surface area is 107 Å². The van der Waals surface area contributed by atoms with Crippen LogP contribution >= 0.6 is 0 Å². The number of hydrogen-bond acceptors (Lipinski definition) is 2. The molecule has 2 N–H and O–H groups in total. The lowest BCUT2D eigenvalue weighted by atomic mass is 9.71. The summed E-state index contributed by atoms with van der Waals surface area (Å²) in [5.74, 6) is 1.55. The molecule has 2 aliphatic rings. The molecule has 0 aromatic carbocycles. The van der Waals surface area contributed by atoms with Gasteiger partial charge >= 0.3 is 0 Å². The van der Waals surface area contributed by atoms with Crippen LogP contribution in [-0.2, 0) is 0 Å². The van der Waals surface area contributed by atoms with Gasteiger partial charge in [0, 0.05) is 12.6 Å². The van der Waals surface area contributed by atoms with E-state index in [2.05, 4.69) is 25.7 Å². The monoisotopic (exact) mass is 238 g/mol. The Kier molecular flexibility index (Phi) is 4.14. The molecule has 2 nitrogen and oxygen atoms in total. The molecule has 2 fully saturated rings. The first kappa shape index (κ1) is 13.4. The van der Waals surface area contributed by atoms with Gasteiger partial charge in [0.15, 0.2) is 0 Å². The average Bonchev–Trinajstić information content (AvgIpc) is 2.30. The molecular weight excluding hydrogens is 208 g/mol. The molecule has 0 aromatic rings. The van der Waals surface area contributed by atoms with Gasteiger partial charge in [-0.2, -0.15) is 0 Å². The first-order chi connectivity index (χ1) is 8.04. The van der Waals surface area contributed by atoms with Gasteiger partial charge in [0.25, 0.3) is 0 Å². The van der Waals surface area contributed by atoms with Gasteiger partial charge in [-0.3, -0.25) is 4.90 Å². The van der Waals surface area contributed by atoms with E-state index in [-0.39, 0.29) is 0 Å². The van der Waals surface area contributed by atoms with E-state index in [9.17, 15) is 0 Å². The lowest BCUT2D eigenvalue weighted by Crippen LogP contribution is -2.53. The Morgan fingerprint density at radius 1 is 1.24 bits per heavy atom. The van der Waals surface area contributed by atoms with E-state index < -0.39 is 0 Å². The largest absolute Gasteiger partial charge is 0.330 e. The minimum Gasteiger partial charge on any atom is -0.330 e. The summed E-state index contributed by atoms with van der Waals surface area (Å²) in [6.07, 6.45) is 6.99. The topological polar surface area (TPSA) is 29.3 Å². The molecule has 1 saturated carbocycles. The van der Waals surface area contributed by atoms with Crippen molar-refractivity contribution in [1.82, 2.24) is 4.90 Å². The number of piperidine rings is 1. The van der Waals surface area contributed by atoms with Crippen LogP contribution in [-0.4, -0.2) is 30.6 Å². The standard InChI is InChI=1S/C15H30N2/c1-12-7-9-17(11-13(12)10-16)14-6-4-5-8-15(14,2)3/h12-14H,4-11,16H2,1-3H3. The number of hydrogen-bond donors (Lipinski definition) is 1. The minimum atomic E-state index is 0.512. The van der Waals surface area contributed by atoms with Crippen LogP contribution in [0.15, 0.2) is 0 Å². The minimum absolute atomic E-state index is 0.512. The lowest BCUT2D eigenvalue weighted by molar-refractivity contribution is 0.00692. The number of nitrogens with two attached hydrogens (primary N) is 1. The van der Waals surface area contributed by atoms with Gasteiger partial charge in [-0.15, -0.1) is 0 Å². The molecule has 0 radical (unpaired) electrons. The molecule has 100 valence electrons. The lowest BCUT2D eigenvalue weighted by Gasteiger charge is -2.49. The maximum atomic E-state index is 5.93. The summed E-state index contributed by atoms with van der Waals surface area (Å²) in [5.41, 5.74) is 6.44. The maximum Gasteiger partial charge on any atom is 0.0146 e. The SMILES string of the molecule is CC1CCN(C2CCCCC2(C)C)CC1CN. The summed E-state index contributed by atoms with van der Waals surface area (Å²) in [5, 5.41) is 0. The highest BCUT2D eigenvalue weighted by Gasteiger charge is 2.38.